The van der Waals surface area contributed by atoms with Crippen molar-refractivity contribution in [2.45, 2.75) is 25.7 Å². The molecule has 1 heterocycles. The van der Waals surface area contributed by atoms with E-state index in [9.17, 15) is 0 Å². The first-order valence-electron chi connectivity index (χ1n) is 4.68. The molecule has 2 nitrogen and oxygen atoms in total. The highest BCUT2D eigenvalue weighted by molar-refractivity contribution is 4.99. The minimum atomic E-state index is 0.351. The van der Waals surface area contributed by atoms with Gasteiger partial charge in [-0.05, 0) is 24.7 Å². The summed E-state index contributed by atoms with van der Waals surface area (Å²) in [5, 5.41) is 8.61. The zero-order valence-corrected chi connectivity index (χ0v) is 7.05. The number of hydrogen-bond acceptors (Lipinski definition) is 2. The molecule has 1 aliphatic heterocycles. The highest BCUT2D eigenvalue weighted by Gasteiger charge is 2.46. The van der Waals surface area contributed by atoms with E-state index < -0.39 is 0 Å². The van der Waals surface area contributed by atoms with Gasteiger partial charge in [0, 0.05) is 26.2 Å². The van der Waals surface area contributed by atoms with Gasteiger partial charge in [-0.15, -0.1) is 0 Å². The predicted octanol–water partition coefficient (Wildman–Crippen LogP) is 0.855. The number of aliphatic hydroxyl groups is 1. The van der Waals surface area contributed by atoms with E-state index in [1.807, 2.05) is 0 Å². The Morgan fingerprint density at radius 3 is 2.45 bits per heavy atom. The van der Waals surface area contributed by atoms with Gasteiger partial charge < -0.3 is 10.0 Å². The molecule has 2 heteroatoms. The molecule has 11 heavy (non-hydrogen) atoms. The molecular weight excluding hydrogens is 138 g/mol. The Hall–Kier alpha value is -0.0800. The van der Waals surface area contributed by atoms with Crippen LogP contribution in [0, 0.1) is 5.41 Å². The fraction of sp³-hybridized carbons (Fsp3) is 1.00. The Balaban J connectivity index is 1.63. The van der Waals surface area contributed by atoms with Crippen LogP contribution in [0.1, 0.15) is 25.7 Å². The van der Waals surface area contributed by atoms with Gasteiger partial charge in [-0.25, -0.2) is 0 Å². The van der Waals surface area contributed by atoms with E-state index in [2.05, 4.69) is 4.90 Å². The van der Waals surface area contributed by atoms with E-state index in [0.717, 1.165) is 18.4 Å². The Labute approximate surface area is 68.2 Å². The van der Waals surface area contributed by atoms with E-state index in [-0.39, 0.29) is 0 Å². The predicted molar refractivity (Wildman–Crippen MR) is 44.4 cm³/mol. The molecule has 0 aromatic rings. The lowest BCUT2D eigenvalue weighted by atomic mass is 9.63. The van der Waals surface area contributed by atoms with Crippen molar-refractivity contribution < 1.29 is 5.11 Å². The summed E-state index contributed by atoms with van der Waals surface area (Å²) in [4.78, 5) is 2.47. The molecule has 64 valence electrons. The van der Waals surface area contributed by atoms with Crippen LogP contribution in [0.2, 0.25) is 0 Å². The molecule has 1 N–H and O–H groups in total. The lowest BCUT2D eigenvalue weighted by Crippen LogP contribution is -2.59. The molecule has 1 aliphatic carbocycles. The molecule has 2 aliphatic rings. The third-order valence-corrected chi connectivity index (χ3v) is 3.16. The molecule has 1 saturated heterocycles. The largest absolute Gasteiger partial charge is 0.396 e. The molecule has 0 amide bonds. The third-order valence-electron chi connectivity index (χ3n) is 3.16. The quantitative estimate of drug-likeness (QED) is 0.653. The Kier molecular flexibility index (Phi) is 1.90. The maximum Gasteiger partial charge on any atom is 0.0443 e. The second-order valence-electron chi connectivity index (χ2n) is 4.14. The summed E-state index contributed by atoms with van der Waals surface area (Å²) >= 11 is 0. The monoisotopic (exact) mass is 155 g/mol. The molecular formula is C9H17NO. The van der Waals surface area contributed by atoms with Crippen molar-refractivity contribution in [2.24, 2.45) is 5.41 Å². The van der Waals surface area contributed by atoms with Gasteiger partial charge in [0.1, 0.15) is 0 Å². The van der Waals surface area contributed by atoms with Crippen molar-refractivity contribution in [2.75, 3.05) is 26.2 Å². The molecule has 0 radical (unpaired) electrons. The number of rotatable bonds is 3. The standard InChI is InChI=1S/C9H17NO/c11-6-2-5-10-7-9(8-10)3-1-4-9/h11H,1-8H2. The van der Waals surface area contributed by atoms with E-state index in [1.165, 1.54) is 32.4 Å². The second kappa shape index (κ2) is 2.76. The van der Waals surface area contributed by atoms with Crippen molar-refractivity contribution in [3.63, 3.8) is 0 Å². The maximum atomic E-state index is 8.61. The van der Waals surface area contributed by atoms with Gasteiger partial charge in [0.05, 0.1) is 0 Å². The molecule has 0 atom stereocenters. The van der Waals surface area contributed by atoms with E-state index in [1.54, 1.807) is 0 Å². The summed E-state index contributed by atoms with van der Waals surface area (Å²) in [6, 6.07) is 0. The summed E-state index contributed by atoms with van der Waals surface area (Å²) in [7, 11) is 0. The van der Waals surface area contributed by atoms with Gasteiger partial charge in [-0.2, -0.15) is 0 Å². The van der Waals surface area contributed by atoms with Crippen molar-refractivity contribution in [3.05, 3.63) is 0 Å². The highest BCUT2D eigenvalue weighted by Crippen LogP contribution is 2.47. The SMILES string of the molecule is OCCCN1CC2(CCC2)C1. The smallest absolute Gasteiger partial charge is 0.0443 e. The minimum absolute atomic E-state index is 0.351. The van der Waals surface area contributed by atoms with E-state index in [4.69, 9.17) is 5.11 Å². The van der Waals surface area contributed by atoms with Crippen LogP contribution in [0.4, 0.5) is 0 Å². The Morgan fingerprint density at radius 1 is 1.27 bits per heavy atom. The third kappa shape index (κ3) is 1.30. The normalized spacial score (nSPS) is 28.1. The zero-order valence-electron chi connectivity index (χ0n) is 7.05. The summed E-state index contributed by atoms with van der Waals surface area (Å²) in [5.74, 6) is 0. The van der Waals surface area contributed by atoms with Crippen LogP contribution in [0.5, 0.6) is 0 Å². The molecule has 0 unspecified atom stereocenters. The van der Waals surface area contributed by atoms with E-state index in [0.29, 0.717) is 6.61 Å². The first-order valence-corrected chi connectivity index (χ1v) is 4.68. The highest BCUT2D eigenvalue weighted by atomic mass is 16.3. The molecule has 1 saturated carbocycles. The average Bonchev–Trinajstić information content (AvgIpc) is 1.81. The number of hydrogen-bond donors (Lipinski definition) is 1. The number of aliphatic hydroxyl groups excluding tert-OH is 1. The first kappa shape index (κ1) is 7.56. The summed E-state index contributed by atoms with van der Waals surface area (Å²) in [6.45, 7) is 4.09. The van der Waals surface area contributed by atoms with Gasteiger partial charge in [0.25, 0.3) is 0 Å². The average molecular weight is 155 g/mol. The lowest BCUT2D eigenvalue weighted by Gasteiger charge is -2.56. The fourth-order valence-electron chi connectivity index (χ4n) is 2.35. The molecule has 1 spiro atoms. The first-order chi connectivity index (χ1) is 5.35. The van der Waals surface area contributed by atoms with Gasteiger partial charge in [-0.1, -0.05) is 6.42 Å². The molecule has 0 aromatic carbocycles. The van der Waals surface area contributed by atoms with Crippen molar-refractivity contribution in [3.8, 4) is 0 Å². The van der Waals surface area contributed by atoms with Crippen LogP contribution < -0.4 is 0 Å². The van der Waals surface area contributed by atoms with Gasteiger partial charge in [-0.3, -0.25) is 0 Å². The van der Waals surface area contributed by atoms with Gasteiger partial charge in [0.15, 0.2) is 0 Å². The van der Waals surface area contributed by atoms with Crippen LogP contribution in [0.3, 0.4) is 0 Å². The number of likely N-dealkylation sites (tertiary alicyclic amines) is 1. The molecule has 0 bridgehead atoms. The van der Waals surface area contributed by atoms with Gasteiger partial charge in [0.2, 0.25) is 0 Å². The molecule has 0 aromatic heterocycles. The minimum Gasteiger partial charge on any atom is -0.396 e. The summed E-state index contributed by atoms with van der Waals surface area (Å²) in [5.41, 5.74) is 0.759. The molecule has 2 fully saturated rings. The number of nitrogens with zero attached hydrogens (tertiary/aromatic N) is 1. The topological polar surface area (TPSA) is 23.5 Å². The Bertz CT molecular complexity index is 134. The van der Waals surface area contributed by atoms with E-state index >= 15 is 0 Å². The van der Waals surface area contributed by atoms with Crippen LogP contribution in [-0.4, -0.2) is 36.2 Å². The second-order valence-corrected chi connectivity index (χ2v) is 4.14. The van der Waals surface area contributed by atoms with Crippen LogP contribution in [0.25, 0.3) is 0 Å². The van der Waals surface area contributed by atoms with Crippen LogP contribution in [-0.2, 0) is 0 Å². The Morgan fingerprint density at radius 2 is 2.00 bits per heavy atom. The van der Waals surface area contributed by atoms with Crippen LogP contribution >= 0.6 is 0 Å². The summed E-state index contributed by atoms with van der Waals surface area (Å²) < 4.78 is 0. The van der Waals surface area contributed by atoms with Crippen molar-refractivity contribution in [1.29, 1.82) is 0 Å². The van der Waals surface area contributed by atoms with Gasteiger partial charge >= 0.3 is 0 Å². The van der Waals surface area contributed by atoms with Crippen molar-refractivity contribution in [1.82, 2.24) is 4.90 Å². The maximum absolute atomic E-state index is 8.61. The molecule has 2 rings (SSSR count). The zero-order chi connectivity index (χ0) is 7.73. The summed E-state index contributed by atoms with van der Waals surface area (Å²) in [6.07, 6.45) is 5.33. The van der Waals surface area contributed by atoms with Crippen molar-refractivity contribution >= 4 is 0 Å². The van der Waals surface area contributed by atoms with Crippen LogP contribution in [0.15, 0.2) is 0 Å². The fourth-order valence-corrected chi connectivity index (χ4v) is 2.35. The lowest BCUT2D eigenvalue weighted by molar-refractivity contribution is -0.0611.